The van der Waals surface area contributed by atoms with Gasteiger partial charge in [0.05, 0.1) is 0 Å². The fourth-order valence-corrected chi connectivity index (χ4v) is 2.45. The van der Waals surface area contributed by atoms with Crippen molar-refractivity contribution in [1.29, 1.82) is 0 Å². The standard InChI is InChI=1S/C15H14BrClFN/c1-19-15(10-3-6-13(17)7-4-10)8-11-2-5-12(16)9-14(11)18/h2-7,9,15,19H,8H2,1H3. The first-order valence-electron chi connectivity index (χ1n) is 5.97. The first-order valence-corrected chi connectivity index (χ1v) is 7.14. The molecule has 0 saturated heterocycles. The first kappa shape index (κ1) is 14.5. The van der Waals surface area contributed by atoms with Crippen LogP contribution in [0.25, 0.3) is 0 Å². The summed E-state index contributed by atoms with van der Waals surface area (Å²) in [7, 11) is 1.87. The molecule has 2 aromatic carbocycles. The molecule has 0 radical (unpaired) electrons. The van der Waals surface area contributed by atoms with Gasteiger partial charge in [-0.3, -0.25) is 0 Å². The summed E-state index contributed by atoms with van der Waals surface area (Å²) in [6, 6.07) is 12.8. The zero-order chi connectivity index (χ0) is 13.8. The van der Waals surface area contributed by atoms with Crippen LogP contribution < -0.4 is 5.32 Å². The maximum absolute atomic E-state index is 13.8. The molecule has 1 unspecified atom stereocenters. The Morgan fingerprint density at radius 2 is 1.89 bits per heavy atom. The Bertz CT molecular complexity index is 557. The van der Waals surface area contributed by atoms with Crippen LogP contribution in [0.5, 0.6) is 0 Å². The lowest BCUT2D eigenvalue weighted by Gasteiger charge is -2.17. The van der Waals surface area contributed by atoms with Gasteiger partial charge in [0.25, 0.3) is 0 Å². The van der Waals surface area contributed by atoms with Gasteiger partial charge in [-0.1, -0.05) is 45.7 Å². The lowest BCUT2D eigenvalue weighted by Crippen LogP contribution is -2.19. The highest BCUT2D eigenvalue weighted by atomic mass is 79.9. The monoisotopic (exact) mass is 341 g/mol. The predicted octanol–water partition coefficient (Wildman–Crippen LogP) is 4.74. The third-order valence-electron chi connectivity index (χ3n) is 3.06. The minimum atomic E-state index is -0.191. The normalized spacial score (nSPS) is 12.4. The molecule has 1 atom stereocenters. The van der Waals surface area contributed by atoms with E-state index >= 15 is 0 Å². The number of halogens is 3. The van der Waals surface area contributed by atoms with E-state index < -0.39 is 0 Å². The Labute approximate surface area is 125 Å². The fraction of sp³-hybridized carbons (Fsp3) is 0.200. The van der Waals surface area contributed by atoms with Gasteiger partial charge in [-0.15, -0.1) is 0 Å². The Morgan fingerprint density at radius 3 is 2.47 bits per heavy atom. The van der Waals surface area contributed by atoms with Crippen LogP contribution in [0.3, 0.4) is 0 Å². The minimum absolute atomic E-state index is 0.0629. The summed E-state index contributed by atoms with van der Waals surface area (Å²) in [5.41, 5.74) is 1.78. The van der Waals surface area contributed by atoms with Gasteiger partial charge in [0, 0.05) is 15.5 Å². The molecule has 0 aliphatic heterocycles. The van der Waals surface area contributed by atoms with Gasteiger partial charge in [0.2, 0.25) is 0 Å². The van der Waals surface area contributed by atoms with Crippen molar-refractivity contribution in [1.82, 2.24) is 5.32 Å². The van der Waals surface area contributed by atoms with Crippen LogP contribution in [0.2, 0.25) is 5.02 Å². The van der Waals surface area contributed by atoms with Gasteiger partial charge in [-0.25, -0.2) is 4.39 Å². The van der Waals surface area contributed by atoms with Gasteiger partial charge < -0.3 is 5.32 Å². The summed E-state index contributed by atoms with van der Waals surface area (Å²) in [6.07, 6.45) is 0.594. The number of rotatable bonds is 4. The average Bonchev–Trinajstić information content (AvgIpc) is 2.39. The van der Waals surface area contributed by atoms with Crippen molar-refractivity contribution < 1.29 is 4.39 Å². The molecule has 0 aliphatic carbocycles. The van der Waals surface area contributed by atoms with Crippen LogP contribution in [-0.4, -0.2) is 7.05 Å². The van der Waals surface area contributed by atoms with E-state index in [0.717, 1.165) is 10.0 Å². The van der Waals surface area contributed by atoms with E-state index in [4.69, 9.17) is 11.6 Å². The van der Waals surface area contributed by atoms with Crippen LogP contribution in [0.4, 0.5) is 4.39 Å². The third kappa shape index (κ3) is 3.78. The van der Waals surface area contributed by atoms with Crippen LogP contribution in [0.1, 0.15) is 17.2 Å². The molecule has 0 aliphatic rings. The summed E-state index contributed by atoms with van der Waals surface area (Å²) in [5, 5.41) is 3.91. The molecule has 0 saturated carbocycles. The van der Waals surface area contributed by atoms with Crippen LogP contribution in [0.15, 0.2) is 46.9 Å². The molecular formula is C15H14BrClFN. The van der Waals surface area contributed by atoms with Gasteiger partial charge in [0.15, 0.2) is 0 Å². The van der Waals surface area contributed by atoms with Gasteiger partial charge >= 0.3 is 0 Å². The van der Waals surface area contributed by atoms with Gasteiger partial charge in [0.1, 0.15) is 5.82 Å². The van der Waals surface area contributed by atoms with Gasteiger partial charge in [-0.2, -0.15) is 0 Å². The summed E-state index contributed by atoms with van der Waals surface area (Å²) in [6.45, 7) is 0. The Hall–Kier alpha value is -0.900. The maximum Gasteiger partial charge on any atom is 0.127 e. The molecule has 2 aromatic rings. The van der Waals surface area contributed by atoms with Crippen molar-refractivity contribution in [3.05, 3.63) is 68.9 Å². The quantitative estimate of drug-likeness (QED) is 0.846. The van der Waals surface area contributed by atoms with Crippen molar-refractivity contribution in [2.45, 2.75) is 12.5 Å². The van der Waals surface area contributed by atoms with Crippen molar-refractivity contribution in [2.75, 3.05) is 7.05 Å². The molecule has 1 nitrogen and oxygen atoms in total. The summed E-state index contributed by atoms with van der Waals surface area (Å²) in [5.74, 6) is -0.191. The molecule has 4 heteroatoms. The van der Waals surface area contributed by atoms with Crippen molar-refractivity contribution in [3.8, 4) is 0 Å². The molecule has 1 N–H and O–H groups in total. The lowest BCUT2D eigenvalue weighted by molar-refractivity contribution is 0.554. The third-order valence-corrected chi connectivity index (χ3v) is 3.81. The second-order valence-corrected chi connectivity index (χ2v) is 5.68. The van der Waals surface area contributed by atoms with E-state index in [1.54, 1.807) is 6.07 Å². The molecule has 100 valence electrons. The predicted molar refractivity (Wildman–Crippen MR) is 81.1 cm³/mol. The minimum Gasteiger partial charge on any atom is -0.313 e. The van der Waals surface area contributed by atoms with Crippen LogP contribution in [-0.2, 0) is 6.42 Å². The fourth-order valence-electron chi connectivity index (χ4n) is 1.99. The second kappa shape index (κ2) is 6.51. The molecule has 0 fully saturated rings. The molecule has 0 spiro atoms. The second-order valence-electron chi connectivity index (χ2n) is 4.33. The highest BCUT2D eigenvalue weighted by molar-refractivity contribution is 9.10. The van der Waals surface area contributed by atoms with Gasteiger partial charge in [-0.05, 0) is 48.9 Å². The molecule has 0 aromatic heterocycles. The summed E-state index contributed by atoms with van der Waals surface area (Å²) in [4.78, 5) is 0. The van der Waals surface area contributed by atoms with Crippen molar-refractivity contribution in [2.24, 2.45) is 0 Å². The molecule has 2 rings (SSSR count). The number of likely N-dealkylation sites (N-methyl/N-ethyl adjacent to an activating group) is 1. The van der Waals surface area contributed by atoms with E-state index in [1.807, 2.05) is 37.4 Å². The van der Waals surface area contributed by atoms with Crippen LogP contribution >= 0.6 is 27.5 Å². The Morgan fingerprint density at radius 1 is 1.21 bits per heavy atom. The number of benzene rings is 2. The molecule has 0 bridgehead atoms. The van der Waals surface area contributed by atoms with E-state index in [0.29, 0.717) is 17.0 Å². The molecule has 0 heterocycles. The smallest absolute Gasteiger partial charge is 0.127 e. The molecule has 0 amide bonds. The van der Waals surface area contributed by atoms with E-state index in [9.17, 15) is 4.39 Å². The van der Waals surface area contributed by atoms with E-state index in [1.165, 1.54) is 6.07 Å². The maximum atomic E-state index is 13.8. The number of hydrogen-bond donors (Lipinski definition) is 1. The zero-order valence-corrected chi connectivity index (χ0v) is 12.8. The van der Waals surface area contributed by atoms with Crippen LogP contribution in [0, 0.1) is 5.82 Å². The number of nitrogens with one attached hydrogen (secondary N) is 1. The SMILES string of the molecule is CNC(Cc1ccc(Br)cc1F)c1ccc(Cl)cc1. The summed E-state index contributed by atoms with van der Waals surface area (Å²) >= 11 is 9.14. The van der Waals surface area contributed by atoms with E-state index in [2.05, 4.69) is 21.2 Å². The Kier molecular flexibility index (Phi) is 4.97. The highest BCUT2D eigenvalue weighted by Gasteiger charge is 2.13. The molecule has 19 heavy (non-hydrogen) atoms. The highest BCUT2D eigenvalue weighted by Crippen LogP contribution is 2.23. The van der Waals surface area contributed by atoms with Crippen molar-refractivity contribution >= 4 is 27.5 Å². The largest absolute Gasteiger partial charge is 0.313 e. The topological polar surface area (TPSA) is 12.0 Å². The average molecular weight is 343 g/mol. The first-order chi connectivity index (χ1) is 9.10. The lowest BCUT2D eigenvalue weighted by atomic mass is 9.99. The van der Waals surface area contributed by atoms with E-state index in [-0.39, 0.29) is 11.9 Å². The zero-order valence-electron chi connectivity index (χ0n) is 10.5. The van der Waals surface area contributed by atoms with Crippen molar-refractivity contribution in [3.63, 3.8) is 0 Å². The Balaban J connectivity index is 2.21. The molecular weight excluding hydrogens is 329 g/mol. The summed E-state index contributed by atoms with van der Waals surface area (Å²) < 4.78 is 14.6. The number of hydrogen-bond acceptors (Lipinski definition) is 1.